The van der Waals surface area contributed by atoms with E-state index in [0.717, 1.165) is 0 Å². The Morgan fingerprint density at radius 2 is 0.333 bits per heavy atom. The van der Waals surface area contributed by atoms with E-state index in [1.807, 2.05) is 0 Å². The summed E-state index contributed by atoms with van der Waals surface area (Å²) in [6.07, 6.45) is 0. The molecule has 4 N–H and O–H groups in total. The molecule has 0 saturated carbocycles. The van der Waals surface area contributed by atoms with Crippen LogP contribution in [0.15, 0.2) is 0 Å². The average Bonchev–Trinajstić information content (AvgIpc) is 0. The van der Waals surface area contributed by atoms with Gasteiger partial charge in [0.2, 0.25) is 0 Å². The minimum Gasteiger partial charge on any atom is -0.870 e. The first-order chi connectivity index (χ1) is 0. The van der Waals surface area contributed by atoms with Gasteiger partial charge >= 0.3 is 34.7 Å². The van der Waals surface area contributed by atoms with Crippen molar-refractivity contribution in [2.24, 2.45) is 0 Å². The van der Waals surface area contributed by atoms with Crippen LogP contribution in [0.4, 0.5) is 0 Å². The molecule has 0 amide bonds. The van der Waals surface area contributed by atoms with Crippen LogP contribution < -0.4 is 0 Å². The molecule has 6 heteroatoms. The Bertz CT molecular complexity index is 5.51. The van der Waals surface area contributed by atoms with Crippen LogP contribution in [0, 0.1) is 0 Å². The molecule has 0 aromatic heterocycles. The second-order valence-corrected chi connectivity index (χ2v) is 0. The fourth-order valence-corrected chi connectivity index (χ4v) is 0. The van der Waals surface area contributed by atoms with Gasteiger partial charge in [0.1, 0.15) is 0 Å². The van der Waals surface area contributed by atoms with Gasteiger partial charge in [-0.15, -0.1) is 0 Å². The monoisotopic (exact) mass is 122 g/mol. The SMILES string of the molecule is [Al+3].[Al+3].[OH-].[OH-].[OH-].[OH-]. The van der Waals surface area contributed by atoms with E-state index in [9.17, 15) is 0 Å². The average molecular weight is 122 g/mol. The van der Waals surface area contributed by atoms with Gasteiger partial charge in [-0.25, -0.2) is 0 Å². The molecule has 0 aliphatic heterocycles. The van der Waals surface area contributed by atoms with Crippen molar-refractivity contribution in [3.8, 4) is 0 Å². The van der Waals surface area contributed by atoms with Crippen LogP contribution in [-0.4, -0.2) is 56.6 Å². The van der Waals surface area contributed by atoms with E-state index in [0.29, 0.717) is 0 Å². The van der Waals surface area contributed by atoms with Crippen LogP contribution in [0.2, 0.25) is 0 Å². The van der Waals surface area contributed by atoms with E-state index >= 15 is 0 Å². The summed E-state index contributed by atoms with van der Waals surface area (Å²) < 4.78 is 0. The Balaban J connectivity index is 0. The molecule has 0 bridgehead atoms. The van der Waals surface area contributed by atoms with Crippen molar-refractivity contribution in [3.63, 3.8) is 0 Å². The van der Waals surface area contributed by atoms with Crippen LogP contribution in [0.25, 0.3) is 0 Å². The molecular weight excluding hydrogens is 118 g/mol. The van der Waals surface area contributed by atoms with Crippen molar-refractivity contribution in [1.82, 2.24) is 0 Å². The van der Waals surface area contributed by atoms with Gasteiger partial charge in [-0.3, -0.25) is 0 Å². The molecular formula is H4Al2O4+2. The summed E-state index contributed by atoms with van der Waals surface area (Å²) in [6, 6.07) is 0. The molecule has 32 valence electrons. The minimum atomic E-state index is 0. The molecule has 0 unspecified atom stereocenters. The van der Waals surface area contributed by atoms with Gasteiger partial charge < -0.3 is 21.9 Å². The molecule has 0 aliphatic carbocycles. The number of rotatable bonds is 0. The van der Waals surface area contributed by atoms with E-state index in [4.69, 9.17) is 0 Å². The fraction of sp³-hybridized carbons (Fsp3) is 0. The summed E-state index contributed by atoms with van der Waals surface area (Å²) in [5.74, 6) is 0. The van der Waals surface area contributed by atoms with Crippen LogP contribution in [0.5, 0.6) is 0 Å². The quantitative estimate of drug-likeness (QED) is 0.364. The van der Waals surface area contributed by atoms with E-state index in [1.54, 1.807) is 0 Å². The Kier molecular flexibility index (Phi) is 8500. The van der Waals surface area contributed by atoms with Crippen molar-refractivity contribution in [2.75, 3.05) is 0 Å². The van der Waals surface area contributed by atoms with E-state index in [1.165, 1.54) is 0 Å². The summed E-state index contributed by atoms with van der Waals surface area (Å²) >= 11 is 0. The van der Waals surface area contributed by atoms with Gasteiger partial charge in [0.15, 0.2) is 0 Å². The Labute approximate surface area is 57.0 Å². The Morgan fingerprint density at radius 3 is 0.333 bits per heavy atom. The first kappa shape index (κ1) is 294. The van der Waals surface area contributed by atoms with Gasteiger partial charge in [0.05, 0.1) is 0 Å². The van der Waals surface area contributed by atoms with Gasteiger partial charge in [-0.1, -0.05) is 0 Å². The van der Waals surface area contributed by atoms with Crippen molar-refractivity contribution < 1.29 is 21.9 Å². The fourth-order valence-electron chi connectivity index (χ4n) is 0. The predicted octanol–water partition coefficient (Wildman–Crippen LogP) is -1.47. The second-order valence-electron chi connectivity index (χ2n) is 0. The van der Waals surface area contributed by atoms with Gasteiger partial charge in [-0.2, -0.15) is 0 Å². The molecule has 0 rings (SSSR count). The Hall–Kier alpha value is 0.905. The third kappa shape index (κ3) is 91.3. The molecule has 0 aromatic rings. The van der Waals surface area contributed by atoms with Crippen LogP contribution in [0.1, 0.15) is 0 Å². The number of hydrogen-bond acceptors (Lipinski definition) is 4. The zero-order valence-electron chi connectivity index (χ0n) is 2.94. The van der Waals surface area contributed by atoms with E-state index in [-0.39, 0.29) is 56.6 Å². The van der Waals surface area contributed by atoms with Crippen molar-refractivity contribution in [1.29, 1.82) is 0 Å². The third-order valence-corrected chi connectivity index (χ3v) is 0. The predicted molar refractivity (Wildman–Crippen MR) is 19.3 cm³/mol. The van der Waals surface area contributed by atoms with Crippen LogP contribution in [-0.2, 0) is 0 Å². The maximum Gasteiger partial charge on any atom is 3.00 e. The molecule has 0 atom stereocenters. The summed E-state index contributed by atoms with van der Waals surface area (Å²) in [4.78, 5) is 0. The maximum absolute atomic E-state index is 0. The molecule has 0 radical (unpaired) electrons. The summed E-state index contributed by atoms with van der Waals surface area (Å²) in [5, 5.41) is 0. The van der Waals surface area contributed by atoms with Crippen molar-refractivity contribution >= 4 is 34.7 Å². The normalized spacial score (nSPS) is 0. The first-order valence-electron chi connectivity index (χ1n) is 0. The molecule has 4 nitrogen and oxygen atoms in total. The van der Waals surface area contributed by atoms with Crippen LogP contribution in [0.3, 0.4) is 0 Å². The largest absolute Gasteiger partial charge is 3.00 e. The first-order valence-corrected chi connectivity index (χ1v) is 0. The summed E-state index contributed by atoms with van der Waals surface area (Å²) in [5.41, 5.74) is 0. The number of hydrogen-bond donors (Lipinski definition) is 0. The molecule has 0 aromatic carbocycles. The van der Waals surface area contributed by atoms with Crippen molar-refractivity contribution in [3.05, 3.63) is 0 Å². The third-order valence-electron chi connectivity index (χ3n) is 0. The zero-order valence-corrected chi connectivity index (χ0v) is 5.25. The van der Waals surface area contributed by atoms with Gasteiger partial charge in [0.25, 0.3) is 0 Å². The van der Waals surface area contributed by atoms with E-state index in [2.05, 4.69) is 0 Å². The molecule has 6 heavy (non-hydrogen) atoms. The topological polar surface area (TPSA) is 120 Å². The smallest absolute Gasteiger partial charge is 0.870 e. The van der Waals surface area contributed by atoms with Gasteiger partial charge in [-0.05, 0) is 0 Å². The zero-order chi connectivity index (χ0) is 0. The van der Waals surface area contributed by atoms with Crippen molar-refractivity contribution in [2.45, 2.75) is 0 Å². The molecule has 0 saturated heterocycles. The van der Waals surface area contributed by atoms with Crippen LogP contribution >= 0.6 is 0 Å². The standard InChI is InChI=1S/2Al.4H2O/h;;4*1H2/q2*+3;;;;/p-4. The summed E-state index contributed by atoms with van der Waals surface area (Å²) in [7, 11) is 0. The molecule has 0 heterocycles. The maximum atomic E-state index is 0. The molecule has 0 aliphatic rings. The minimum absolute atomic E-state index is 0. The molecule has 0 spiro atoms. The Morgan fingerprint density at radius 1 is 0.333 bits per heavy atom. The summed E-state index contributed by atoms with van der Waals surface area (Å²) in [6.45, 7) is 0. The van der Waals surface area contributed by atoms with Gasteiger partial charge in [0, 0.05) is 0 Å². The second kappa shape index (κ2) is 173. The van der Waals surface area contributed by atoms with E-state index < -0.39 is 0 Å². The molecule has 0 fully saturated rings.